The number of oxime groups is 1. The van der Waals surface area contributed by atoms with Crippen molar-refractivity contribution in [3.05, 3.63) is 64.7 Å². The fourth-order valence-corrected chi connectivity index (χ4v) is 2.17. The minimum absolute atomic E-state index is 0.0497. The van der Waals surface area contributed by atoms with E-state index in [-0.39, 0.29) is 11.7 Å². The third-order valence-electron chi connectivity index (χ3n) is 3.04. The molecule has 2 aromatic carbocycles. The molecule has 0 saturated carbocycles. The second-order valence-corrected chi connectivity index (χ2v) is 4.86. The molecule has 108 valence electrons. The number of anilines is 1. The van der Waals surface area contributed by atoms with Crippen molar-refractivity contribution in [2.45, 2.75) is 13.8 Å². The molecular formula is C16H17N3O2. The van der Waals surface area contributed by atoms with Crippen LogP contribution < -0.4 is 11.1 Å². The smallest absolute Gasteiger partial charge is 0.255 e. The Hall–Kier alpha value is -2.82. The first-order valence-electron chi connectivity index (χ1n) is 6.48. The molecule has 0 aromatic heterocycles. The van der Waals surface area contributed by atoms with E-state index in [0.29, 0.717) is 16.8 Å². The highest BCUT2D eigenvalue weighted by molar-refractivity contribution is 6.09. The predicted octanol–water partition coefficient (Wildman–Crippen LogP) is 2.65. The molecule has 2 rings (SSSR count). The normalized spacial score (nSPS) is 11.2. The summed E-state index contributed by atoms with van der Waals surface area (Å²) in [5.41, 5.74) is 9.18. The van der Waals surface area contributed by atoms with Crippen LogP contribution in [0.1, 0.15) is 27.0 Å². The summed E-state index contributed by atoms with van der Waals surface area (Å²) in [4.78, 5) is 12.3. The number of amidine groups is 1. The molecule has 0 unspecified atom stereocenters. The monoisotopic (exact) mass is 283 g/mol. The fourth-order valence-electron chi connectivity index (χ4n) is 2.17. The Kier molecular flexibility index (Phi) is 4.23. The lowest BCUT2D eigenvalue weighted by Crippen LogP contribution is -2.19. The summed E-state index contributed by atoms with van der Waals surface area (Å²) in [5, 5.41) is 14.5. The number of carbonyl (C=O) groups excluding carboxylic acids is 1. The van der Waals surface area contributed by atoms with Crippen molar-refractivity contribution in [1.82, 2.24) is 0 Å². The van der Waals surface area contributed by atoms with Gasteiger partial charge in [0.2, 0.25) is 0 Å². The number of aryl methyl sites for hydroxylation is 2. The van der Waals surface area contributed by atoms with Crippen molar-refractivity contribution in [3.63, 3.8) is 0 Å². The van der Waals surface area contributed by atoms with Crippen molar-refractivity contribution in [2.75, 3.05) is 5.32 Å². The Labute approximate surface area is 123 Å². The van der Waals surface area contributed by atoms with Crippen molar-refractivity contribution in [2.24, 2.45) is 10.9 Å². The van der Waals surface area contributed by atoms with Gasteiger partial charge >= 0.3 is 0 Å². The molecule has 0 aliphatic rings. The zero-order chi connectivity index (χ0) is 15.4. The SMILES string of the molecule is Cc1cc(C)cc(C(=O)Nc2ccccc2/C(N)=N/O)c1. The van der Waals surface area contributed by atoms with E-state index in [4.69, 9.17) is 10.9 Å². The molecule has 0 spiro atoms. The number of amides is 1. The van der Waals surface area contributed by atoms with Crippen LogP contribution in [0.15, 0.2) is 47.6 Å². The number of hydrogen-bond acceptors (Lipinski definition) is 3. The molecule has 0 bridgehead atoms. The van der Waals surface area contributed by atoms with Crippen molar-refractivity contribution >= 4 is 17.4 Å². The lowest BCUT2D eigenvalue weighted by atomic mass is 10.1. The van der Waals surface area contributed by atoms with Crippen LogP contribution in [0.3, 0.4) is 0 Å². The minimum Gasteiger partial charge on any atom is -0.409 e. The molecule has 0 atom stereocenters. The van der Waals surface area contributed by atoms with Gasteiger partial charge in [-0.3, -0.25) is 4.79 Å². The second kappa shape index (κ2) is 6.09. The van der Waals surface area contributed by atoms with Gasteiger partial charge in [-0.25, -0.2) is 0 Å². The summed E-state index contributed by atoms with van der Waals surface area (Å²) in [7, 11) is 0. The number of hydrogen-bond donors (Lipinski definition) is 3. The molecule has 5 heteroatoms. The van der Waals surface area contributed by atoms with E-state index in [2.05, 4.69) is 10.5 Å². The average Bonchev–Trinajstić information content (AvgIpc) is 2.46. The Morgan fingerprint density at radius 2 is 1.76 bits per heavy atom. The van der Waals surface area contributed by atoms with E-state index in [9.17, 15) is 4.79 Å². The van der Waals surface area contributed by atoms with Crippen LogP contribution in [0.2, 0.25) is 0 Å². The van der Waals surface area contributed by atoms with Gasteiger partial charge in [0.15, 0.2) is 5.84 Å². The van der Waals surface area contributed by atoms with Gasteiger partial charge in [0, 0.05) is 11.1 Å². The summed E-state index contributed by atoms with van der Waals surface area (Å²) >= 11 is 0. The summed E-state index contributed by atoms with van der Waals surface area (Å²) in [6.45, 7) is 3.88. The Balaban J connectivity index is 2.32. The zero-order valence-electron chi connectivity index (χ0n) is 11.9. The van der Waals surface area contributed by atoms with Gasteiger partial charge < -0.3 is 16.3 Å². The van der Waals surface area contributed by atoms with Gasteiger partial charge in [0.25, 0.3) is 5.91 Å². The number of nitrogens with two attached hydrogens (primary N) is 1. The molecule has 0 fully saturated rings. The van der Waals surface area contributed by atoms with Gasteiger partial charge in [-0.1, -0.05) is 34.5 Å². The van der Waals surface area contributed by atoms with Gasteiger partial charge in [0.1, 0.15) is 0 Å². The average molecular weight is 283 g/mol. The van der Waals surface area contributed by atoms with Crippen LogP contribution in [0.5, 0.6) is 0 Å². The molecule has 4 N–H and O–H groups in total. The minimum atomic E-state index is -0.236. The Morgan fingerprint density at radius 3 is 2.38 bits per heavy atom. The quantitative estimate of drug-likeness (QED) is 0.350. The van der Waals surface area contributed by atoms with Gasteiger partial charge in [-0.15, -0.1) is 0 Å². The first-order chi connectivity index (χ1) is 10.0. The number of carbonyl (C=O) groups is 1. The van der Waals surface area contributed by atoms with Crippen LogP contribution >= 0.6 is 0 Å². The number of benzene rings is 2. The van der Waals surface area contributed by atoms with E-state index in [1.165, 1.54) is 0 Å². The van der Waals surface area contributed by atoms with Gasteiger partial charge in [-0.2, -0.15) is 0 Å². The molecule has 5 nitrogen and oxygen atoms in total. The molecule has 1 amide bonds. The van der Waals surface area contributed by atoms with E-state index in [1.807, 2.05) is 32.0 Å². The summed E-state index contributed by atoms with van der Waals surface area (Å²) in [6, 6.07) is 12.5. The summed E-state index contributed by atoms with van der Waals surface area (Å²) < 4.78 is 0. The van der Waals surface area contributed by atoms with Gasteiger partial charge in [-0.05, 0) is 38.1 Å². The number of para-hydroxylation sites is 1. The molecule has 0 aliphatic heterocycles. The number of nitrogens with one attached hydrogen (secondary N) is 1. The van der Waals surface area contributed by atoms with Crippen molar-refractivity contribution in [3.8, 4) is 0 Å². The van der Waals surface area contributed by atoms with Crippen LogP contribution in [0.25, 0.3) is 0 Å². The highest BCUT2D eigenvalue weighted by atomic mass is 16.4. The third-order valence-corrected chi connectivity index (χ3v) is 3.04. The summed E-state index contributed by atoms with van der Waals surface area (Å²) in [5.74, 6) is -0.286. The lowest BCUT2D eigenvalue weighted by molar-refractivity contribution is 0.102. The lowest BCUT2D eigenvalue weighted by Gasteiger charge is -2.11. The highest BCUT2D eigenvalue weighted by Crippen LogP contribution is 2.17. The topological polar surface area (TPSA) is 87.7 Å². The first-order valence-corrected chi connectivity index (χ1v) is 6.48. The maximum atomic E-state index is 12.3. The maximum absolute atomic E-state index is 12.3. The number of nitrogens with zero attached hydrogens (tertiary/aromatic N) is 1. The standard InChI is InChI=1S/C16H17N3O2/c1-10-7-11(2)9-12(8-10)16(20)18-14-6-4-3-5-13(14)15(17)19-21/h3-9,21H,1-2H3,(H2,17,19)(H,18,20). The molecule has 0 aliphatic carbocycles. The highest BCUT2D eigenvalue weighted by Gasteiger charge is 2.11. The van der Waals surface area contributed by atoms with Crippen molar-refractivity contribution in [1.29, 1.82) is 0 Å². The second-order valence-electron chi connectivity index (χ2n) is 4.86. The van der Waals surface area contributed by atoms with Crippen LogP contribution in [-0.4, -0.2) is 17.0 Å². The number of rotatable bonds is 3. The van der Waals surface area contributed by atoms with E-state index in [0.717, 1.165) is 11.1 Å². The van der Waals surface area contributed by atoms with Crippen LogP contribution in [0, 0.1) is 13.8 Å². The van der Waals surface area contributed by atoms with E-state index >= 15 is 0 Å². The maximum Gasteiger partial charge on any atom is 0.255 e. The van der Waals surface area contributed by atoms with Crippen LogP contribution in [0.4, 0.5) is 5.69 Å². The largest absolute Gasteiger partial charge is 0.409 e. The van der Waals surface area contributed by atoms with Crippen molar-refractivity contribution < 1.29 is 10.0 Å². The predicted molar refractivity (Wildman–Crippen MR) is 82.8 cm³/mol. The Bertz CT molecular complexity index is 688. The molecule has 21 heavy (non-hydrogen) atoms. The van der Waals surface area contributed by atoms with E-state index < -0.39 is 0 Å². The molecule has 0 radical (unpaired) electrons. The fraction of sp³-hybridized carbons (Fsp3) is 0.125. The first kappa shape index (κ1) is 14.6. The third kappa shape index (κ3) is 3.39. The molecular weight excluding hydrogens is 266 g/mol. The molecule has 0 saturated heterocycles. The summed E-state index contributed by atoms with van der Waals surface area (Å²) in [6.07, 6.45) is 0. The molecule has 2 aromatic rings. The van der Waals surface area contributed by atoms with Gasteiger partial charge in [0.05, 0.1) is 5.69 Å². The van der Waals surface area contributed by atoms with E-state index in [1.54, 1.807) is 24.3 Å². The zero-order valence-corrected chi connectivity index (χ0v) is 11.9. The van der Waals surface area contributed by atoms with Crippen LogP contribution in [-0.2, 0) is 0 Å². The molecule has 0 heterocycles. The Morgan fingerprint density at radius 1 is 1.14 bits per heavy atom.